The minimum atomic E-state index is -0.0196. The second-order valence-electron chi connectivity index (χ2n) is 9.81. The molecule has 2 aromatic carbocycles. The van der Waals surface area contributed by atoms with Gasteiger partial charge in [0.25, 0.3) is 5.91 Å². The Balaban J connectivity index is 1.30. The van der Waals surface area contributed by atoms with Crippen LogP contribution in [0.4, 0.5) is 0 Å². The molecular formula is C28H33N3O4. The molecule has 3 heterocycles. The molecule has 0 atom stereocenters. The third-order valence-corrected chi connectivity index (χ3v) is 7.46. The van der Waals surface area contributed by atoms with Crippen molar-refractivity contribution in [2.24, 2.45) is 5.92 Å². The first-order valence-corrected chi connectivity index (χ1v) is 12.6. The van der Waals surface area contributed by atoms with Gasteiger partial charge in [-0.3, -0.25) is 9.59 Å². The number of carbonyl (C=O) groups excluding carboxylic acids is 2. The van der Waals surface area contributed by atoms with Crippen molar-refractivity contribution in [3.63, 3.8) is 0 Å². The summed E-state index contributed by atoms with van der Waals surface area (Å²) in [6, 6.07) is 11.9. The van der Waals surface area contributed by atoms with Gasteiger partial charge in [0.1, 0.15) is 18.1 Å². The van der Waals surface area contributed by atoms with Crippen LogP contribution in [0, 0.1) is 19.8 Å². The molecule has 1 aromatic heterocycles. The van der Waals surface area contributed by atoms with E-state index in [2.05, 4.69) is 5.16 Å². The molecule has 2 amide bonds. The van der Waals surface area contributed by atoms with Gasteiger partial charge >= 0.3 is 0 Å². The number of carbonyl (C=O) groups is 2. The first-order valence-electron chi connectivity index (χ1n) is 12.6. The number of benzene rings is 2. The van der Waals surface area contributed by atoms with Crippen LogP contribution in [0.1, 0.15) is 59.5 Å². The molecular weight excluding hydrogens is 442 g/mol. The van der Waals surface area contributed by atoms with Crippen molar-refractivity contribution < 1.29 is 18.8 Å². The molecule has 3 aromatic rings. The summed E-state index contributed by atoms with van der Waals surface area (Å²) in [5.41, 5.74) is 2.27. The zero-order chi connectivity index (χ0) is 24.4. The van der Waals surface area contributed by atoms with Gasteiger partial charge < -0.3 is 19.1 Å². The number of amides is 2. The molecule has 0 spiro atoms. The lowest BCUT2D eigenvalue weighted by Gasteiger charge is -2.33. The first-order chi connectivity index (χ1) is 17.0. The van der Waals surface area contributed by atoms with Gasteiger partial charge in [0.05, 0.1) is 16.8 Å². The first kappa shape index (κ1) is 23.4. The molecule has 2 aliphatic rings. The summed E-state index contributed by atoms with van der Waals surface area (Å²) < 4.78 is 11.5. The zero-order valence-electron chi connectivity index (χ0n) is 20.6. The summed E-state index contributed by atoms with van der Waals surface area (Å²) in [6.45, 7) is 7.16. The lowest BCUT2D eigenvalue weighted by Crippen LogP contribution is -2.40. The van der Waals surface area contributed by atoms with Crippen molar-refractivity contribution in [1.29, 1.82) is 0 Å². The highest BCUT2D eigenvalue weighted by molar-refractivity contribution is 6.01. The van der Waals surface area contributed by atoms with Crippen molar-refractivity contribution in [1.82, 2.24) is 15.0 Å². The molecule has 2 aliphatic heterocycles. The Hall–Kier alpha value is -3.35. The Kier molecular flexibility index (Phi) is 6.75. The number of ether oxygens (including phenoxy) is 1. The van der Waals surface area contributed by atoms with Gasteiger partial charge in [0, 0.05) is 32.6 Å². The van der Waals surface area contributed by atoms with E-state index < -0.39 is 0 Å². The average molecular weight is 476 g/mol. The normalized spacial score (nSPS) is 16.7. The van der Waals surface area contributed by atoms with E-state index in [9.17, 15) is 9.59 Å². The number of hydrogen-bond acceptors (Lipinski definition) is 5. The zero-order valence-corrected chi connectivity index (χ0v) is 20.6. The maximum absolute atomic E-state index is 13.6. The van der Waals surface area contributed by atoms with Gasteiger partial charge in [-0.1, -0.05) is 29.4 Å². The van der Waals surface area contributed by atoms with Gasteiger partial charge in [-0.15, -0.1) is 0 Å². The molecule has 2 fully saturated rings. The van der Waals surface area contributed by atoms with E-state index in [1.54, 1.807) is 0 Å². The van der Waals surface area contributed by atoms with E-state index in [1.165, 1.54) is 0 Å². The van der Waals surface area contributed by atoms with Crippen molar-refractivity contribution in [2.75, 3.05) is 26.2 Å². The molecule has 0 bridgehead atoms. The SMILES string of the molecule is Cc1noc(C)c1COc1cc2ccccc2cc1C(=O)N1CCC(CC(=O)N2CCCC2)CC1. The molecule has 7 nitrogen and oxygen atoms in total. The van der Waals surface area contributed by atoms with Crippen LogP contribution in [-0.2, 0) is 11.4 Å². The molecule has 184 valence electrons. The van der Waals surface area contributed by atoms with E-state index in [-0.39, 0.29) is 11.8 Å². The molecule has 0 saturated carbocycles. The summed E-state index contributed by atoms with van der Waals surface area (Å²) in [6.07, 6.45) is 4.54. The second kappa shape index (κ2) is 10.1. The highest BCUT2D eigenvalue weighted by Crippen LogP contribution is 2.31. The number of hydrogen-bond donors (Lipinski definition) is 0. The summed E-state index contributed by atoms with van der Waals surface area (Å²) in [7, 11) is 0. The second-order valence-corrected chi connectivity index (χ2v) is 9.81. The Morgan fingerprint density at radius 2 is 1.69 bits per heavy atom. The van der Waals surface area contributed by atoms with Gasteiger partial charge in [0.15, 0.2) is 0 Å². The highest BCUT2D eigenvalue weighted by Gasteiger charge is 2.29. The fourth-order valence-electron chi connectivity index (χ4n) is 5.22. The lowest BCUT2D eigenvalue weighted by atomic mass is 9.92. The van der Waals surface area contributed by atoms with Crippen molar-refractivity contribution in [3.8, 4) is 5.75 Å². The van der Waals surface area contributed by atoms with Crippen LogP contribution in [0.2, 0.25) is 0 Å². The third kappa shape index (κ3) is 5.04. The highest BCUT2D eigenvalue weighted by atomic mass is 16.5. The molecule has 0 N–H and O–H groups in total. The number of aryl methyl sites for hydroxylation is 2. The van der Waals surface area contributed by atoms with Crippen molar-refractivity contribution >= 4 is 22.6 Å². The van der Waals surface area contributed by atoms with Crippen LogP contribution in [0.25, 0.3) is 10.8 Å². The van der Waals surface area contributed by atoms with Gasteiger partial charge in [0.2, 0.25) is 5.91 Å². The van der Waals surface area contributed by atoms with E-state index in [0.29, 0.717) is 43.3 Å². The smallest absolute Gasteiger partial charge is 0.257 e. The maximum atomic E-state index is 13.6. The molecule has 35 heavy (non-hydrogen) atoms. The Bertz CT molecular complexity index is 1200. The minimum Gasteiger partial charge on any atom is -0.488 e. The number of aromatic nitrogens is 1. The number of rotatable bonds is 6. The Morgan fingerprint density at radius 3 is 2.34 bits per heavy atom. The molecule has 7 heteroatoms. The number of piperidine rings is 1. The fourth-order valence-corrected chi connectivity index (χ4v) is 5.22. The minimum absolute atomic E-state index is 0.0196. The fraction of sp³-hybridized carbons (Fsp3) is 0.464. The quantitative estimate of drug-likeness (QED) is 0.507. The molecule has 5 rings (SSSR count). The van der Waals surface area contributed by atoms with Crippen molar-refractivity contribution in [2.45, 2.75) is 52.6 Å². The Labute approximate surface area is 206 Å². The topological polar surface area (TPSA) is 75.9 Å². The van der Waals surface area contributed by atoms with E-state index in [0.717, 1.165) is 66.6 Å². The summed E-state index contributed by atoms with van der Waals surface area (Å²) in [5, 5.41) is 6.04. The van der Waals surface area contributed by atoms with Gasteiger partial charge in [-0.2, -0.15) is 0 Å². The third-order valence-electron chi connectivity index (χ3n) is 7.46. The monoisotopic (exact) mass is 475 g/mol. The van der Waals surface area contributed by atoms with Crippen molar-refractivity contribution in [3.05, 3.63) is 59.0 Å². The van der Waals surface area contributed by atoms with Gasteiger partial charge in [-0.05, 0) is 68.4 Å². The largest absolute Gasteiger partial charge is 0.488 e. The number of nitrogens with zero attached hydrogens (tertiary/aromatic N) is 3. The van der Waals surface area contributed by atoms with Crippen LogP contribution in [0.3, 0.4) is 0 Å². The van der Waals surface area contributed by atoms with Crippen LogP contribution in [0.5, 0.6) is 5.75 Å². The predicted molar refractivity (Wildman–Crippen MR) is 133 cm³/mol. The number of likely N-dealkylation sites (tertiary alicyclic amines) is 2. The lowest BCUT2D eigenvalue weighted by molar-refractivity contribution is -0.131. The summed E-state index contributed by atoms with van der Waals surface area (Å²) in [4.78, 5) is 30.1. The van der Waals surface area contributed by atoms with Gasteiger partial charge in [-0.25, -0.2) is 0 Å². The van der Waals surface area contributed by atoms with E-state index in [1.807, 2.05) is 60.0 Å². The standard InChI is InChI=1S/C28H33N3O4/c1-19-25(20(2)35-29-19)18-34-26-17-23-8-4-3-7-22(23)16-24(26)28(33)31-13-9-21(10-14-31)15-27(32)30-11-5-6-12-30/h3-4,7-8,16-17,21H,5-6,9-15,18H2,1-2H3. The van der Waals surface area contributed by atoms with E-state index in [4.69, 9.17) is 9.26 Å². The van der Waals surface area contributed by atoms with Crippen LogP contribution in [0.15, 0.2) is 40.9 Å². The van der Waals surface area contributed by atoms with Crippen LogP contribution < -0.4 is 4.74 Å². The molecule has 2 saturated heterocycles. The number of fused-ring (bicyclic) bond motifs is 1. The molecule has 0 unspecified atom stereocenters. The average Bonchev–Trinajstić information content (AvgIpc) is 3.52. The molecule has 0 radical (unpaired) electrons. The van der Waals surface area contributed by atoms with Crippen LogP contribution >= 0.6 is 0 Å². The van der Waals surface area contributed by atoms with Crippen LogP contribution in [-0.4, -0.2) is 52.9 Å². The van der Waals surface area contributed by atoms with E-state index >= 15 is 0 Å². The predicted octanol–water partition coefficient (Wildman–Crippen LogP) is 4.89. The summed E-state index contributed by atoms with van der Waals surface area (Å²) in [5.74, 6) is 1.89. The Morgan fingerprint density at radius 1 is 1.00 bits per heavy atom. The maximum Gasteiger partial charge on any atom is 0.257 e. The molecule has 0 aliphatic carbocycles. The summed E-state index contributed by atoms with van der Waals surface area (Å²) >= 11 is 0.